The molecular formula is C18H23N3O3. The minimum Gasteiger partial charge on any atom is -0.456 e. The molecule has 0 bridgehead atoms. The molecule has 6 heteroatoms. The minimum atomic E-state index is -0.332. The summed E-state index contributed by atoms with van der Waals surface area (Å²) in [6, 6.07) is 2.18. The Labute approximate surface area is 141 Å². The van der Waals surface area contributed by atoms with Crippen molar-refractivity contribution in [2.75, 3.05) is 7.11 Å². The molecule has 24 heavy (non-hydrogen) atoms. The van der Waals surface area contributed by atoms with Crippen molar-refractivity contribution in [2.45, 2.75) is 57.3 Å². The van der Waals surface area contributed by atoms with Gasteiger partial charge in [0.05, 0.1) is 23.9 Å². The average Bonchev–Trinajstić information content (AvgIpc) is 3.21. The number of nitrogens with zero attached hydrogens (tertiary/aromatic N) is 3. The second-order valence-corrected chi connectivity index (χ2v) is 6.95. The van der Waals surface area contributed by atoms with Gasteiger partial charge < -0.3 is 9.47 Å². The number of fused-ring (bicyclic) bond motifs is 1. The van der Waals surface area contributed by atoms with Crippen LogP contribution in [0.25, 0.3) is 11.0 Å². The van der Waals surface area contributed by atoms with Crippen LogP contribution in [0.1, 0.15) is 55.4 Å². The maximum Gasteiger partial charge on any atom is 0.340 e. The van der Waals surface area contributed by atoms with Crippen molar-refractivity contribution in [3.8, 4) is 0 Å². The molecule has 0 unspecified atom stereocenters. The topological polar surface area (TPSA) is 66.2 Å². The van der Waals surface area contributed by atoms with E-state index in [0.29, 0.717) is 17.5 Å². The van der Waals surface area contributed by atoms with Crippen LogP contribution in [0.2, 0.25) is 0 Å². The lowest BCUT2D eigenvalue weighted by molar-refractivity contribution is -0.0206. The second kappa shape index (κ2) is 6.16. The highest BCUT2D eigenvalue weighted by atomic mass is 16.6. The molecule has 0 aliphatic heterocycles. The van der Waals surface area contributed by atoms with E-state index in [-0.39, 0.29) is 18.2 Å². The summed E-state index contributed by atoms with van der Waals surface area (Å²) in [7, 11) is 1.67. The molecular weight excluding hydrogens is 306 g/mol. The van der Waals surface area contributed by atoms with Crippen molar-refractivity contribution in [2.24, 2.45) is 5.92 Å². The van der Waals surface area contributed by atoms with Crippen LogP contribution in [0, 0.1) is 5.92 Å². The van der Waals surface area contributed by atoms with Gasteiger partial charge in [-0.25, -0.2) is 14.5 Å². The standard InChI is InChI=1S/C18H23N3O3/c1-11(12-6-7-12)21-17-13(10-20-21)8-14(9-19-17)18(22)24-16-5-3-4-15(16)23-2/h8-12,15-16H,3-7H2,1-2H3/t11-,15+,16-/m0/s1. The Morgan fingerprint density at radius 3 is 2.79 bits per heavy atom. The van der Waals surface area contributed by atoms with E-state index in [0.717, 1.165) is 30.3 Å². The smallest absolute Gasteiger partial charge is 0.340 e. The molecule has 2 aromatic rings. The highest BCUT2D eigenvalue weighted by molar-refractivity contribution is 5.93. The van der Waals surface area contributed by atoms with Crippen molar-refractivity contribution in [3.05, 3.63) is 24.0 Å². The van der Waals surface area contributed by atoms with Gasteiger partial charge in [0.25, 0.3) is 0 Å². The van der Waals surface area contributed by atoms with Gasteiger partial charge in [-0.15, -0.1) is 0 Å². The normalized spacial score (nSPS) is 25.1. The van der Waals surface area contributed by atoms with E-state index < -0.39 is 0 Å². The van der Waals surface area contributed by atoms with E-state index in [2.05, 4.69) is 17.0 Å². The second-order valence-electron chi connectivity index (χ2n) is 6.95. The SMILES string of the molecule is CO[C@@H]1CCC[C@@H]1OC(=O)c1cnc2c(cnn2[C@@H](C)C2CC2)c1. The Bertz CT molecular complexity index is 753. The molecule has 0 spiro atoms. The third-order valence-electron chi connectivity index (χ3n) is 5.31. The van der Waals surface area contributed by atoms with Gasteiger partial charge in [0.1, 0.15) is 6.10 Å². The number of pyridine rings is 1. The average molecular weight is 329 g/mol. The number of carbonyl (C=O) groups is 1. The summed E-state index contributed by atoms with van der Waals surface area (Å²) in [5, 5.41) is 5.35. The molecule has 0 radical (unpaired) electrons. The van der Waals surface area contributed by atoms with Crippen LogP contribution in [0.15, 0.2) is 18.5 Å². The molecule has 0 amide bonds. The molecule has 2 saturated carbocycles. The third-order valence-corrected chi connectivity index (χ3v) is 5.31. The summed E-state index contributed by atoms with van der Waals surface area (Å²) in [6.07, 6.45) is 8.58. The van der Waals surface area contributed by atoms with E-state index in [1.807, 2.05) is 10.7 Å². The van der Waals surface area contributed by atoms with E-state index in [4.69, 9.17) is 9.47 Å². The summed E-state index contributed by atoms with van der Waals surface area (Å²) in [6.45, 7) is 2.18. The van der Waals surface area contributed by atoms with Crippen LogP contribution < -0.4 is 0 Å². The Morgan fingerprint density at radius 1 is 1.25 bits per heavy atom. The Balaban J connectivity index is 1.53. The number of esters is 1. The number of ether oxygens (including phenoxy) is 2. The van der Waals surface area contributed by atoms with E-state index in [9.17, 15) is 4.79 Å². The van der Waals surface area contributed by atoms with Crippen LogP contribution in [0.4, 0.5) is 0 Å². The summed E-state index contributed by atoms with van der Waals surface area (Å²) >= 11 is 0. The van der Waals surface area contributed by atoms with Gasteiger partial charge in [-0.2, -0.15) is 5.10 Å². The van der Waals surface area contributed by atoms with Crippen molar-refractivity contribution >= 4 is 17.0 Å². The van der Waals surface area contributed by atoms with Gasteiger partial charge in [0.2, 0.25) is 0 Å². The highest BCUT2D eigenvalue weighted by Gasteiger charge is 2.32. The van der Waals surface area contributed by atoms with Crippen LogP contribution in [-0.4, -0.2) is 40.1 Å². The molecule has 128 valence electrons. The van der Waals surface area contributed by atoms with E-state index >= 15 is 0 Å². The third kappa shape index (κ3) is 2.79. The Morgan fingerprint density at radius 2 is 2.04 bits per heavy atom. The lowest BCUT2D eigenvalue weighted by Gasteiger charge is -2.18. The highest BCUT2D eigenvalue weighted by Crippen LogP contribution is 2.40. The fourth-order valence-corrected chi connectivity index (χ4v) is 3.63. The molecule has 3 atom stereocenters. The van der Waals surface area contributed by atoms with Gasteiger partial charge in [0.15, 0.2) is 5.65 Å². The first-order chi connectivity index (χ1) is 11.7. The molecule has 4 rings (SSSR count). The summed E-state index contributed by atoms with van der Waals surface area (Å²) in [5.74, 6) is 0.370. The molecule has 2 fully saturated rings. The van der Waals surface area contributed by atoms with Crippen LogP contribution in [0.5, 0.6) is 0 Å². The van der Waals surface area contributed by atoms with Gasteiger partial charge >= 0.3 is 5.97 Å². The molecule has 2 aliphatic carbocycles. The van der Waals surface area contributed by atoms with Crippen molar-refractivity contribution in [3.63, 3.8) is 0 Å². The van der Waals surface area contributed by atoms with Crippen LogP contribution in [-0.2, 0) is 9.47 Å². The summed E-state index contributed by atoms with van der Waals surface area (Å²) in [4.78, 5) is 16.9. The molecule has 0 saturated heterocycles. The number of hydrogen-bond acceptors (Lipinski definition) is 5. The molecule has 6 nitrogen and oxygen atoms in total. The monoisotopic (exact) mass is 329 g/mol. The molecule has 2 aromatic heterocycles. The summed E-state index contributed by atoms with van der Waals surface area (Å²) in [5.41, 5.74) is 1.31. The maximum absolute atomic E-state index is 12.4. The van der Waals surface area contributed by atoms with Crippen LogP contribution >= 0.6 is 0 Å². The number of hydrogen-bond donors (Lipinski definition) is 0. The summed E-state index contributed by atoms with van der Waals surface area (Å²) < 4.78 is 13.0. The van der Waals surface area contributed by atoms with Crippen molar-refractivity contribution in [1.29, 1.82) is 0 Å². The Kier molecular flexibility index (Phi) is 4.00. The number of rotatable bonds is 5. The first-order valence-corrected chi connectivity index (χ1v) is 8.74. The molecule has 2 heterocycles. The van der Waals surface area contributed by atoms with Crippen molar-refractivity contribution in [1.82, 2.24) is 14.8 Å². The fourth-order valence-electron chi connectivity index (χ4n) is 3.63. The number of aromatic nitrogens is 3. The maximum atomic E-state index is 12.4. The first kappa shape index (κ1) is 15.6. The molecule has 0 aromatic carbocycles. The molecule has 0 N–H and O–H groups in total. The van der Waals surface area contributed by atoms with Gasteiger partial charge in [-0.3, -0.25) is 0 Å². The van der Waals surface area contributed by atoms with Crippen LogP contribution in [0.3, 0.4) is 0 Å². The molecule has 2 aliphatic rings. The predicted octanol–water partition coefficient (Wildman–Crippen LogP) is 3.13. The largest absolute Gasteiger partial charge is 0.456 e. The van der Waals surface area contributed by atoms with E-state index in [1.165, 1.54) is 12.8 Å². The lowest BCUT2D eigenvalue weighted by Crippen LogP contribution is -2.27. The zero-order valence-electron chi connectivity index (χ0n) is 14.1. The fraction of sp³-hybridized carbons (Fsp3) is 0.611. The van der Waals surface area contributed by atoms with Gasteiger partial charge in [-0.1, -0.05) is 0 Å². The van der Waals surface area contributed by atoms with Crippen molar-refractivity contribution < 1.29 is 14.3 Å². The van der Waals surface area contributed by atoms with Gasteiger partial charge in [0, 0.05) is 18.7 Å². The Hall–Kier alpha value is -1.95. The first-order valence-electron chi connectivity index (χ1n) is 8.74. The predicted molar refractivity (Wildman–Crippen MR) is 88.8 cm³/mol. The quantitative estimate of drug-likeness (QED) is 0.789. The van der Waals surface area contributed by atoms with E-state index in [1.54, 1.807) is 19.5 Å². The lowest BCUT2D eigenvalue weighted by atomic mass is 10.2. The number of methoxy groups -OCH3 is 1. The van der Waals surface area contributed by atoms with Gasteiger partial charge in [-0.05, 0) is 51.0 Å². The zero-order chi connectivity index (χ0) is 16.7. The number of carbonyl (C=O) groups excluding carboxylic acids is 1. The minimum absolute atomic E-state index is 0.00721. The zero-order valence-corrected chi connectivity index (χ0v) is 14.1.